The number of hydrogen-bond acceptors (Lipinski definition) is 2. The van der Waals surface area contributed by atoms with Crippen LogP contribution >= 0.6 is 0 Å². The molecule has 1 aliphatic carbocycles. The third-order valence-electron chi connectivity index (χ3n) is 5.69. The van der Waals surface area contributed by atoms with Gasteiger partial charge in [-0.3, -0.25) is 9.48 Å². The summed E-state index contributed by atoms with van der Waals surface area (Å²) in [5.41, 5.74) is 4.42. The van der Waals surface area contributed by atoms with E-state index in [4.69, 9.17) is 0 Å². The van der Waals surface area contributed by atoms with Crippen molar-refractivity contribution in [1.82, 2.24) is 14.7 Å². The Morgan fingerprint density at radius 3 is 2.39 bits per heavy atom. The summed E-state index contributed by atoms with van der Waals surface area (Å²) in [5.74, 6) is 0.831. The smallest absolute Gasteiger partial charge is 0.257 e. The van der Waals surface area contributed by atoms with Crippen molar-refractivity contribution in [3.63, 3.8) is 0 Å². The minimum absolute atomic E-state index is 0.155. The summed E-state index contributed by atoms with van der Waals surface area (Å²) in [6.45, 7) is 5.70. The summed E-state index contributed by atoms with van der Waals surface area (Å²) in [6, 6.07) is 10.7. The monoisotopic (exact) mass is 309 g/mol. The molecule has 2 heterocycles. The summed E-state index contributed by atoms with van der Waals surface area (Å²) in [5, 5.41) is 4.36. The molecule has 1 aromatic carbocycles. The average molecular weight is 309 g/mol. The fourth-order valence-electron chi connectivity index (χ4n) is 4.35. The molecule has 0 N–H and O–H groups in total. The third-order valence-corrected chi connectivity index (χ3v) is 5.69. The Bertz CT molecular complexity index is 748. The van der Waals surface area contributed by atoms with E-state index >= 15 is 0 Å². The molecule has 1 aromatic heterocycles. The number of likely N-dealkylation sites (tertiary alicyclic amines) is 1. The Morgan fingerprint density at radius 1 is 1.17 bits per heavy atom. The van der Waals surface area contributed by atoms with Crippen LogP contribution in [0.15, 0.2) is 30.3 Å². The van der Waals surface area contributed by atoms with E-state index in [1.807, 2.05) is 25.8 Å². The molecule has 1 spiro atoms. The molecule has 0 radical (unpaired) electrons. The van der Waals surface area contributed by atoms with Crippen LogP contribution in [0.2, 0.25) is 0 Å². The van der Waals surface area contributed by atoms with E-state index in [2.05, 4.69) is 35.4 Å². The molecule has 4 rings (SSSR count). The molecule has 2 aromatic rings. The van der Waals surface area contributed by atoms with E-state index in [0.29, 0.717) is 11.3 Å². The third kappa shape index (κ3) is 2.19. The van der Waals surface area contributed by atoms with E-state index in [-0.39, 0.29) is 5.91 Å². The minimum atomic E-state index is 0.155. The second-order valence-electron chi connectivity index (χ2n) is 7.35. The number of amides is 1. The van der Waals surface area contributed by atoms with Crippen molar-refractivity contribution >= 4 is 5.91 Å². The van der Waals surface area contributed by atoms with Crippen LogP contribution < -0.4 is 0 Å². The molecule has 23 heavy (non-hydrogen) atoms. The number of carbonyl (C=O) groups is 1. The van der Waals surface area contributed by atoms with Crippen molar-refractivity contribution in [3.05, 3.63) is 52.8 Å². The fourth-order valence-corrected chi connectivity index (χ4v) is 4.35. The van der Waals surface area contributed by atoms with Crippen molar-refractivity contribution in [3.8, 4) is 0 Å². The number of carbonyl (C=O) groups excluding carboxylic acids is 1. The zero-order valence-corrected chi connectivity index (χ0v) is 14.0. The zero-order valence-electron chi connectivity index (χ0n) is 14.0. The predicted molar refractivity (Wildman–Crippen MR) is 89.4 cm³/mol. The molecule has 1 saturated heterocycles. The highest BCUT2D eigenvalue weighted by Gasteiger charge is 2.54. The summed E-state index contributed by atoms with van der Waals surface area (Å²) in [6.07, 6.45) is 2.43. The van der Waals surface area contributed by atoms with Gasteiger partial charge < -0.3 is 4.90 Å². The average Bonchev–Trinajstić information content (AvgIpc) is 2.70. The SMILES string of the molecule is Cc1nn(C)c(C)c1C(=O)N1CC2(CC(c3ccccc3)C2)C1. The van der Waals surface area contributed by atoms with E-state index in [1.165, 1.54) is 18.4 Å². The van der Waals surface area contributed by atoms with Crippen LogP contribution in [-0.4, -0.2) is 33.7 Å². The van der Waals surface area contributed by atoms with Crippen LogP contribution in [0.4, 0.5) is 0 Å². The summed E-state index contributed by atoms with van der Waals surface area (Å²) in [7, 11) is 1.90. The van der Waals surface area contributed by atoms with E-state index in [0.717, 1.165) is 30.0 Å². The molecular formula is C19H23N3O. The van der Waals surface area contributed by atoms with Gasteiger partial charge in [-0.25, -0.2) is 0 Å². The Morgan fingerprint density at radius 2 is 1.83 bits per heavy atom. The lowest BCUT2D eigenvalue weighted by Crippen LogP contribution is -2.63. The number of aryl methyl sites for hydroxylation is 2. The lowest BCUT2D eigenvalue weighted by molar-refractivity contribution is -0.0554. The van der Waals surface area contributed by atoms with Crippen LogP contribution in [0.3, 0.4) is 0 Å². The molecule has 0 atom stereocenters. The zero-order chi connectivity index (χ0) is 16.2. The largest absolute Gasteiger partial charge is 0.337 e. The number of rotatable bonds is 2. The van der Waals surface area contributed by atoms with Gasteiger partial charge in [0, 0.05) is 31.2 Å². The number of nitrogens with zero attached hydrogens (tertiary/aromatic N) is 3. The van der Waals surface area contributed by atoms with E-state index in [1.54, 1.807) is 4.68 Å². The molecule has 0 unspecified atom stereocenters. The predicted octanol–water partition coefficient (Wildman–Crippen LogP) is 3.06. The van der Waals surface area contributed by atoms with Gasteiger partial charge in [0.25, 0.3) is 5.91 Å². The first-order chi connectivity index (χ1) is 11.0. The molecule has 2 aliphatic rings. The van der Waals surface area contributed by atoms with Crippen molar-refractivity contribution in [2.75, 3.05) is 13.1 Å². The van der Waals surface area contributed by atoms with Gasteiger partial charge >= 0.3 is 0 Å². The van der Waals surface area contributed by atoms with Crippen molar-refractivity contribution in [1.29, 1.82) is 0 Å². The summed E-state index contributed by atoms with van der Waals surface area (Å²) >= 11 is 0. The topological polar surface area (TPSA) is 38.1 Å². The normalized spacial score (nSPS) is 19.5. The highest BCUT2D eigenvalue weighted by atomic mass is 16.2. The van der Waals surface area contributed by atoms with Crippen LogP contribution in [0.1, 0.15) is 46.1 Å². The molecule has 4 nitrogen and oxygen atoms in total. The van der Waals surface area contributed by atoms with Crippen molar-refractivity contribution < 1.29 is 4.79 Å². The molecular weight excluding hydrogens is 286 g/mol. The maximum absolute atomic E-state index is 12.7. The molecule has 1 aliphatic heterocycles. The quantitative estimate of drug-likeness (QED) is 0.855. The van der Waals surface area contributed by atoms with Crippen LogP contribution in [-0.2, 0) is 7.05 Å². The minimum Gasteiger partial charge on any atom is -0.337 e. The van der Waals surface area contributed by atoms with Gasteiger partial charge in [0.1, 0.15) is 0 Å². The Hall–Kier alpha value is -2.10. The molecule has 2 fully saturated rings. The summed E-state index contributed by atoms with van der Waals surface area (Å²) < 4.78 is 1.80. The van der Waals surface area contributed by atoms with Gasteiger partial charge in [-0.05, 0) is 38.2 Å². The lowest BCUT2D eigenvalue weighted by atomic mass is 9.56. The fraction of sp³-hybridized carbons (Fsp3) is 0.474. The second-order valence-corrected chi connectivity index (χ2v) is 7.35. The van der Waals surface area contributed by atoms with Crippen molar-refractivity contribution in [2.45, 2.75) is 32.6 Å². The number of aromatic nitrogens is 2. The van der Waals surface area contributed by atoms with Gasteiger partial charge in [-0.2, -0.15) is 5.10 Å². The van der Waals surface area contributed by atoms with E-state index < -0.39 is 0 Å². The first-order valence-electron chi connectivity index (χ1n) is 8.33. The summed E-state index contributed by atoms with van der Waals surface area (Å²) in [4.78, 5) is 14.7. The van der Waals surface area contributed by atoms with Crippen molar-refractivity contribution in [2.24, 2.45) is 12.5 Å². The standard InChI is InChI=1S/C19H23N3O/c1-13-17(14(2)21(3)20-13)18(23)22-11-19(12-22)9-16(10-19)15-7-5-4-6-8-15/h4-8,16H,9-12H2,1-3H3. The molecule has 1 saturated carbocycles. The van der Waals surface area contributed by atoms with Gasteiger partial charge in [0.2, 0.25) is 0 Å². The van der Waals surface area contributed by atoms with Crippen LogP contribution in [0.25, 0.3) is 0 Å². The molecule has 120 valence electrons. The first kappa shape index (κ1) is 14.5. The Labute approximate surface area is 137 Å². The Balaban J connectivity index is 1.40. The Kier molecular flexibility index (Phi) is 3.12. The van der Waals surface area contributed by atoms with Gasteiger partial charge in [0.15, 0.2) is 0 Å². The number of hydrogen-bond donors (Lipinski definition) is 0. The lowest BCUT2D eigenvalue weighted by Gasteiger charge is -2.59. The molecule has 1 amide bonds. The van der Waals surface area contributed by atoms with Gasteiger partial charge in [-0.1, -0.05) is 30.3 Å². The molecule has 4 heteroatoms. The maximum atomic E-state index is 12.7. The highest BCUT2D eigenvalue weighted by molar-refractivity contribution is 5.97. The van der Waals surface area contributed by atoms with Gasteiger partial charge in [0.05, 0.1) is 11.3 Å². The maximum Gasteiger partial charge on any atom is 0.257 e. The first-order valence-corrected chi connectivity index (χ1v) is 8.33. The van der Waals surface area contributed by atoms with Crippen LogP contribution in [0, 0.1) is 19.3 Å². The highest BCUT2D eigenvalue weighted by Crippen LogP contribution is 2.56. The van der Waals surface area contributed by atoms with E-state index in [9.17, 15) is 4.79 Å². The second kappa shape index (κ2) is 4.95. The van der Waals surface area contributed by atoms with Gasteiger partial charge in [-0.15, -0.1) is 0 Å². The van der Waals surface area contributed by atoms with Crippen LogP contribution in [0.5, 0.6) is 0 Å². The number of benzene rings is 1. The molecule has 0 bridgehead atoms.